The first-order valence-corrected chi connectivity index (χ1v) is 8.53. The minimum Gasteiger partial charge on any atom is -0.314 e. The summed E-state index contributed by atoms with van der Waals surface area (Å²) in [5, 5.41) is 5.26. The highest BCUT2D eigenvalue weighted by Crippen LogP contribution is 2.34. The van der Waals surface area contributed by atoms with Crippen molar-refractivity contribution in [2.75, 3.05) is 26.2 Å². The summed E-state index contributed by atoms with van der Waals surface area (Å²) in [6.45, 7) is 8.79. The van der Waals surface area contributed by atoms with E-state index in [0.29, 0.717) is 17.1 Å². The number of hydrogen-bond donors (Lipinski definition) is 1. The van der Waals surface area contributed by atoms with Crippen LogP contribution in [-0.4, -0.2) is 36.1 Å². The van der Waals surface area contributed by atoms with Crippen LogP contribution in [0.3, 0.4) is 0 Å². The molecular formula is C18H24ClN3. The highest BCUT2D eigenvalue weighted by Gasteiger charge is 2.25. The van der Waals surface area contributed by atoms with Crippen LogP contribution in [0.15, 0.2) is 30.3 Å². The standard InChI is InChI=1S/C18H24ClN3/c1-13(2)11-17(22-9-7-20-8-10-22)15-12-14-5-3-4-6-16(14)21-18(15)19/h3-6,12-13,17,20H,7-11H2,1-2H3/t17-/m0/s1. The van der Waals surface area contributed by atoms with E-state index in [2.05, 4.69) is 47.2 Å². The highest BCUT2D eigenvalue weighted by atomic mass is 35.5. The molecule has 3 rings (SSSR count). The molecule has 1 aromatic heterocycles. The van der Waals surface area contributed by atoms with Crippen molar-refractivity contribution >= 4 is 22.5 Å². The second-order valence-corrected chi connectivity index (χ2v) is 6.85. The maximum atomic E-state index is 6.55. The van der Waals surface area contributed by atoms with Gasteiger partial charge in [0.15, 0.2) is 0 Å². The largest absolute Gasteiger partial charge is 0.314 e. The second-order valence-electron chi connectivity index (χ2n) is 6.49. The van der Waals surface area contributed by atoms with Crippen LogP contribution in [0.4, 0.5) is 0 Å². The maximum absolute atomic E-state index is 6.55. The molecule has 4 heteroatoms. The summed E-state index contributed by atoms with van der Waals surface area (Å²) >= 11 is 6.55. The van der Waals surface area contributed by atoms with Crippen molar-refractivity contribution in [1.29, 1.82) is 0 Å². The van der Waals surface area contributed by atoms with Crippen LogP contribution in [0.1, 0.15) is 31.9 Å². The van der Waals surface area contributed by atoms with Gasteiger partial charge < -0.3 is 5.32 Å². The molecule has 0 radical (unpaired) electrons. The molecule has 1 atom stereocenters. The summed E-state index contributed by atoms with van der Waals surface area (Å²) < 4.78 is 0. The van der Waals surface area contributed by atoms with Crippen molar-refractivity contribution in [1.82, 2.24) is 15.2 Å². The van der Waals surface area contributed by atoms with Crippen molar-refractivity contribution in [3.05, 3.63) is 41.0 Å². The Morgan fingerprint density at radius 3 is 2.68 bits per heavy atom. The van der Waals surface area contributed by atoms with E-state index < -0.39 is 0 Å². The lowest BCUT2D eigenvalue weighted by molar-refractivity contribution is 0.154. The van der Waals surface area contributed by atoms with Crippen LogP contribution in [0.25, 0.3) is 10.9 Å². The van der Waals surface area contributed by atoms with Crippen LogP contribution in [0.5, 0.6) is 0 Å². The number of benzene rings is 1. The predicted octanol–water partition coefficient (Wildman–Crippen LogP) is 3.88. The van der Waals surface area contributed by atoms with Gasteiger partial charge in [-0.1, -0.05) is 43.6 Å². The number of fused-ring (bicyclic) bond motifs is 1. The molecule has 1 saturated heterocycles. The van der Waals surface area contributed by atoms with Gasteiger partial charge in [-0.2, -0.15) is 0 Å². The summed E-state index contributed by atoms with van der Waals surface area (Å²) in [5.41, 5.74) is 2.15. The van der Waals surface area contributed by atoms with E-state index in [4.69, 9.17) is 11.6 Å². The Labute approximate surface area is 137 Å². The SMILES string of the molecule is CC(C)C[C@@H](c1cc2ccccc2nc1Cl)N1CCNCC1. The first kappa shape index (κ1) is 15.7. The molecule has 0 aliphatic carbocycles. The lowest BCUT2D eigenvalue weighted by Crippen LogP contribution is -2.45. The molecule has 1 aliphatic heterocycles. The number of piperazine rings is 1. The third-order valence-electron chi connectivity index (χ3n) is 4.35. The van der Waals surface area contributed by atoms with Gasteiger partial charge in [0.25, 0.3) is 0 Å². The minimum atomic E-state index is 0.353. The number of rotatable bonds is 4. The van der Waals surface area contributed by atoms with Gasteiger partial charge in [-0.15, -0.1) is 0 Å². The van der Waals surface area contributed by atoms with Gasteiger partial charge in [0, 0.05) is 43.2 Å². The molecule has 0 amide bonds. The van der Waals surface area contributed by atoms with Gasteiger partial charge in [-0.3, -0.25) is 4.90 Å². The molecule has 1 fully saturated rings. The van der Waals surface area contributed by atoms with E-state index in [1.54, 1.807) is 0 Å². The summed E-state index contributed by atoms with van der Waals surface area (Å²) in [4.78, 5) is 7.17. The van der Waals surface area contributed by atoms with Gasteiger partial charge in [-0.05, 0) is 24.5 Å². The number of halogens is 1. The molecule has 22 heavy (non-hydrogen) atoms. The first-order chi connectivity index (χ1) is 10.6. The Kier molecular flexibility index (Phi) is 4.97. The fourth-order valence-corrected chi connectivity index (χ4v) is 3.53. The molecule has 0 unspecified atom stereocenters. The van der Waals surface area contributed by atoms with E-state index in [1.165, 1.54) is 10.9 Å². The third kappa shape index (κ3) is 3.43. The zero-order chi connectivity index (χ0) is 15.5. The molecule has 2 aromatic rings. The Balaban J connectivity index is 2.00. The van der Waals surface area contributed by atoms with Crippen molar-refractivity contribution < 1.29 is 0 Å². The smallest absolute Gasteiger partial charge is 0.134 e. The lowest BCUT2D eigenvalue weighted by atomic mass is 9.95. The van der Waals surface area contributed by atoms with E-state index in [1.807, 2.05) is 12.1 Å². The first-order valence-electron chi connectivity index (χ1n) is 8.15. The second kappa shape index (κ2) is 6.95. The Bertz CT molecular complexity index is 635. The van der Waals surface area contributed by atoms with Crippen LogP contribution in [0.2, 0.25) is 5.15 Å². The third-order valence-corrected chi connectivity index (χ3v) is 4.65. The van der Waals surface area contributed by atoms with Crippen molar-refractivity contribution in [3.63, 3.8) is 0 Å². The monoisotopic (exact) mass is 317 g/mol. The molecule has 0 bridgehead atoms. The van der Waals surface area contributed by atoms with Crippen molar-refractivity contribution in [2.24, 2.45) is 5.92 Å². The van der Waals surface area contributed by atoms with E-state index >= 15 is 0 Å². The van der Waals surface area contributed by atoms with Crippen LogP contribution < -0.4 is 5.32 Å². The number of nitrogens with one attached hydrogen (secondary N) is 1. The van der Waals surface area contributed by atoms with Crippen LogP contribution in [-0.2, 0) is 0 Å². The molecular weight excluding hydrogens is 294 g/mol. The number of para-hydroxylation sites is 1. The molecule has 0 spiro atoms. The zero-order valence-electron chi connectivity index (χ0n) is 13.3. The number of nitrogens with zero attached hydrogens (tertiary/aromatic N) is 2. The minimum absolute atomic E-state index is 0.353. The molecule has 0 saturated carbocycles. The lowest BCUT2D eigenvalue weighted by Gasteiger charge is -2.36. The Morgan fingerprint density at radius 1 is 1.23 bits per heavy atom. The van der Waals surface area contributed by atoms with E-state index in [0.717, 1.165) is 38.1 Å². The fraction of sp³-hybridized carbons (Fsp3) is 0.500. The molecule has 2 heterocycles. The number of hydrogen-bond acceptors (Lipinski definition) is 3. The highest BCUT2D eigenvalue weighted by molar-refractivity contribution is 6.30. The van der Waals surface area contributed by atoms with Crippen LogP contribution in [0, 0.1) is 5.92 Å². The predicted molar refractivity (Wildman–Crippen MR) is 93.4 cm³/mol. The molecule has 1 N–H and O–H groups in total. The Morgan fingerprint density at radius 2 is 1.95 bits per heavy atom. The maximum Gasteiger partial charge on any atom is 0.134 e. The van der Waals surface area contributed by atoms with Gasteiger partial charge in [0.2, 0.25) is 0 Å². The summed E-state index contributed by atoms with van der Waals surface area (Å²) in [7, 11) is 0. The number of pyridine rings is 1. The van der Waals surface area contributed by atoms with Crippen LogP contribution >= 0.6 is 11.6 Å². The van der Waals surface area contributed by atoms with Gasteiger partial charge >= 0.3 is 0 Å². The quantitative estimate of drug-likeness (QED) is 0.867. The average molecular weight is 318 g/mol. The summed E-state index contributed by atoms with van der Waals surface area (Å²) in [5.74, 6) is 0.627. The van der Waals surface area contributed by atoms with Gasteiger partial charge in [-0.25, -0.2) is 4.98 Å². The topological polar surface area (TPSA) is 28.2 Å². The fourth-order valence-electron chi connectivity index (χ4n) is 3.26. The van der Waals surface area contributed by atoms with Gasteiger partial charge in [0.05, 0.1) is 5.52 Å². The molecule has 3 nitrogen and oxygen atoms in total. The zero-order valence-corrected chi connectivity index (χ0v) is 14.1. The van der Waals surface area contributed by atoms with Gasteiger partial charge in [0.1, 0.15) is 5.15 Å². The Hall–Kier alpha value is -1.16. The molecule has 1 aliphatic rings. The summed E-state index contributed by atoms with van der Waals surface area (Å²) in [6.07, 6.45) is 1.11. The van der Waals surface area contributed by atoms with Crippen molar-refractivity contribution in [3.8, 4) is 0 Å². The number of aromatic nitrogens is 1. The summed E-state index contributed by atoms with van der Waals surface area (Å²) in [6, 6.07) is 10.8. The molecule has 118 valence electrons. The van der Waals surface area contributed by atoms with Crippen molar-refractivity contribution in [2.45, 2.75) is 26.3 Å². The molecule has 1 aromatic carbocycles. The van der Waals surface area contributed by atoms with E-state index in [-0.39, 0.29) is 0 Å². The van der Waals surface area contributed by atoms with E-state index in [9.17, 15) is 0 Å². The average Bonchev–Trinajstić information content (AvgIpc) is 2.53. The normalized spacial score (nSPS) is 18.0.